The molecule has 4 rings (SSSR count). The average molecular weight is 358 g/mol. The first-order chi connectivity index (χ1) is 12.8. The van der Waals surface area contributed by atoms with Crippen molar-refractivity contribution in [1.82, 2.24) is 9.55 Å². The topological polar surface area (TPSA) is 17.8 Å². The summed E-state index contributed by atoms with van der Waals surface area (Å²) in [6.07, 6.45) is 4.87. The van der Waals surface area contributed by atoms with Crippen LogP contribution in [0.4, 0.5) is 0 Å². The van der Waals surface area contributed by atoms with Crippen molar-refractivity contribution in [2.45, 2.75) is 6.16 Å². The van der Waals surface area contributed by atoms with Crippen LogP contribution in [0.5, 0.6) is 0 Å². The number of aromatic nitrogens is 2. The molecule has 4 aromatic rings. The van der Waals surface area contributed by atoms with Gasteiger partial charge in [0.15, 0.2) is 0 Å². The van der Waals surface area contributed by atoms with Gasteiger partial charge in [0.1, 0.15) is 0 Å². The van der Waals surface area contributed by atoms with E-state index in [0.717, 1.165) is 12.0 Å². The van der Waals surface area contributed by atoms with Crippen LogP contribution in [0, 0.1) is 0 Å². The zero-order valence-corrected chi connectivity index (χ0v) is 15.9. The van der Waals surface area contributed by atoms with E-state index in [4.69, 9.17) is 0 Å². The van der Waals surface area contributed by atoms with E-state index in [-0.39, 0.29) is 0 Å². The fourth-order valence-electron chi connectivity index (χ4n) is 3.78. The van der Waals surface area contributed by atoms with Crippen LogP contribution in [0.2, 0.25) is 0 Å². The van der Waals surface area contributed by atoms with Gasteiger partial charge in [0.05, 0.1) is 0 Å². The molecular formula is C23H23N2P. The van der Waals surface area contributed by atoms with Crippen molar-refractivity contribution in [3.63, 3.8) is 0 Å². The number of aryl methyl sites for hydroxylation is 1. The van der Waals surface area contributed by atoms with E-state index in [1.807, 2.05) is 12.4 Å². The maximum absolute atomic E-state index is 4.67. The summed E-state index contributed by atoms with van der Waals surface area (Å²) in [6, 6.07) is 32.9. The Bertz CT molecular complexity index is 866. The van der Waals surface area contributed by atoms with E-state index in [2.05, 4.69) is 108 Å². The molecule has 0 amide bonds. The standard InChI is InChI=1S/C23H23N2P/c1-25-18-17-24-23(25)19-26(20-11-5-2-6-12-20,21-13-7-3-8-14-21)22-15-9-4-10-16-22/h2-18,26H,19H2,1H3. The molecule has 3 aromatic carbocycles. The molecule has 2 nitrogen and oxygen atoms in total. The molecule has 0 N–H and O–H groups in total. The zero-order valence-electron chi connectivity index (χ0n) is 14.9. The summed E-state index contributed by atoms with van der Waals surface area (Å²) in [6.45, 7) is 0. The van der Waals surface area contributed by atoms with Crippen LogP contribution >= 0.6 is 7.26 Å². The minimum absolute atomic E-state index is 0.939. The molecule has 0 bridgehead atoms. The van der Waals surface area contributed by atoms with Crippen molar-refractivity contribution in [2.24, 2.45) is 7.05 Å². The predicted octanol–water partition coefficient (Wildman–Crippen LogP) is 3.65. The van der Waals surface area contributed by atoms with Crippen LogP contribution in [0.15, 0.2) is 103 Å². The number of benzene rings is 3. The van der Waals surface area contributed by atoms with E-state index in [1.54, 1.807) is 0 Å². The van der Waals surface area contributed by atoms with Crippen LogP contribution in [-0.2, 0) is 13.2 Å². The van der Waals surface area contributed by atoms with Crippen molar-refractivity contribution < 1.29 is 0 Å². The molecule has 0 aliphatic carbocycles. The van der Waals surface area contributed by atoms with Crippen LogP contribution in [0.3, 0.4) is 0 Å². The van der Waals surface area contributed by atoms with Crippen LogP contribution in [-0.4, -0.2) is 9.55 Å². The van der Waals surface area contributed by atoms with Crippen molar-refractivity contribution in [3.05, 3.63) is 109 Å². The van der Waals surface area contributed by atoms with Gasteiger partial charge in [-0.1, -0.05) is 0 Å². The zero-order chi connectivity index (χ0) is 17.8. The molecule has 0 spiro atoms. The van der Waals surface area contributed by atoms with Gasteiger partial charge in [-0.3, -0.25) is 0 Å². The third-order valence-electron chi connectivity index (χ3n) is 5.14. The Kier molecular flexibility index (Phi) is 4.69. The molecule has 1 heterocycles. The summed E-state index contributed by atoms with van der Waals surface area (Å²) in [5, 5.41) is 4.25. The Hall–Kier alpha value is -2.70. The van der Waals surface area contributed by atoms with Gasteiger partial charge < -0.3 is 0 Å². The first-order valence-electron chi connectivity index (χ1n) is 8.93. The number of imidazole rings is 1. The van der Waals surface area contributed by atoms with Crippen LogP contribution in [0.25, 0.3) is 0 Å². The third-order valence-corrected chi connectivity index (χ3v) is 9.95. The van der Waals surface area contributed by atoms with Crippen molar-refractivity contribution in [3.8, 4) is 0 Å². The molecule has 0 aliphatic heterocycles. The van der Waals surface area contributed by atoms with Crippen LogP contribution < -0.4 is 15.9 Å². The SMILES string of the molecule is Cn1ccnc1C[PH](c1ccccc1)(c1ccccc1)c1ccccc1. The normalized spacial score (nSPS) is 12.0. The van der Waals surface area contributed by atoms with Gasteiger partial charge in [0, 0.05) is 0 Å². The predicted molar refractivity (Wildman–Crippen MR) is 113 cm³/mol. The molecule has 0 atom stereocenters. The average Bonchev–Trinajstić information content (AvgIpc) is 3.12. The van der Waals surface area contributed by atoms with Gasteiger partial charge in [-0.2, -0.15) is 0 Å². The van der Waals surface area contributed by atoms with Gasteiger partial charge in [0.2, 0.25) is 0 Å². The fourth-order valence-corrected chi connectivity index (χ4v) is 8.49. The second kappa shape index (κ2) is 7.27. The van der Waals surface area contributed by atoms with Gasteiger partial charge in [-0.15, -0.1) is 0 Å². The van der Waals surface area contributed by atoms with E-state index in [0.29, 0.717) is 0 Å². The second-order valence-electron chi connectivity index (χ2n) is 6.63. The molecular weight excluding hydrogens is 335 g/mol. The third kappa shape index (κ3) is 2.98. The maximum atomic E-state index is 4.67. The molecule has 1 aromatic heterocycles. The summed E-state index contributed by atoms with van der Waals surface area (Å²) < 4.78 is 2.15. The number of nitrogens with zero attached hydrogens (tertiary/aromatic N) is 2. The van der Waals surface area contributed by atoms with Crippen molar-refractivity contribution >= 4 is 23.2 Å². The Balaban J connectivity index is 2.02. The molecule has 3 heteroatoms. The summed E-state index contributed by atoms with van der Waals surface area (Å²) >= 11 is 0. The van der Waals surface area contributed by atoms with Gasteiger partial charge >= 0.3 is 155 Å². The molecule has 0 fully saturated rings. The molecule has 130 valence electrons. The van der Waals surface area contributed by atoms with Crippen molar-refractivity contribution in [2.75, 3.05) is 0 Å². The minimum atomic E-state index is -2.24. The second-order valence-corrected chi connectivity index (χ2v) is 10.5. The van der Waals surface area contributed by atoms with Crippen molar-refractivity contribution in [1.29, 1.82) is 0 Å². The van der Waals surface area contributed by atoms with Gasteiger partial charge in [-0.25, -0.2) is 0 Å². The molecule has 0 aliphatic rings. The number of hydrogen-bond donors (Lipinski definition) is 0. The summed E-state index contributed by atoms with van der Waals surface area (Å²) in [4.78, 5) is 4.67. The molecule has 0 radical (unpaired) electrons. The Morgan fingerprint density at radius 3 is 1.46 bits per heavy atom. The Labute approximate surface area is 155 Å². The molecule has 0 saturated carbocycles. The molecule has 0 unspecified atom stereocenters. The van der Waals surface area contributed by atoms with Crippen LogP contribution in [0.1, 0.15) is 5.82 Å². The number of rotatable bonds is 5. The summed E-state index contributed by atoms with van der Waals surface area (Å²) in [5.74, 6) is 1.13. The molecule has 0 saturated heterocycles. The Morgan fingerprint density at radius 1 is 0.692 bits per heavy atom. The van der Waals surface area contributed by atoms with E-state index in [9.17, 15) is 0 Å². The summed E-state index contributed by atoms with van der Waals surface area (Å²) in [5.41, 5.74) is 0. The first-order valence-corrected chi connectivity index (χ1v) is 11.1. The quantitative estimate of drug-likeness (QED) is 0.498. The molecule has 26 heavy (non-hydrogen) atoms. The van der Waals surface area contributed by atoms with E-state index in [1.165, 1.54) is 15.9 Å². The monoisotopic (exact) mass is 358 g/mol. The van der Waals surface area contributed by atoms with E-state index >= 15 is 0 Å². The first kappa shape index (κ1) is 16.8. The van der Waals surface area contributed by atoms with Gasteiger partial charge in [-0.05, 0) is 0 Å². The Morgan fingerprint density at radius 2 is 1.12 bits per heavy atom. The fraction of sp³-hybridized carbons (Fsp3) is 0.0870. The number of hydrogen-bond acceptors (Lipinski definition) is 1. The van der Waals surface area contributed by atoms with E-state index < -0.39 is 7.26 Å². The summed E-state index contributed by atoms with van der Waals surface area (Å²) in [7, 11) is -0.157. The van der Waals surface area contributed by atoms with Gasteiger partial charge in [0.25, 0.3) is 0 Å².